The van der Waals surface area contributed by atoms with Gasteiger partial charge in [-0.25, -0.2) is 13.8 Å². The van der Waals surface area contributed by atoms with Gasteiger partial charge in [0.2, 0.25) is 0 Å². The lowest BCUT2D eigenvalue weighted by Gasteiger charge is -2.07. The van der Waals surface area contributed by atoms with E-state index in [1.54, 1.807) is 12.4 Å². The maximum atomic E-state index is 12.9. The van der Waals surface area contributed by atoms with Gasteiger partial charge in [0.05, 0.1) is 6.54 Å². The third kappa shape index (κ3) is 3.53. The van der Waals surface area contributed by atoms with Gasteiger partial charge in [-0.3, -0.25) is 0 Å². The minimum atomic E-state index is -0.906. The van der Waals surface area contributed by atoms with Crippen molar-refractivity contribution in [3.63, 3.8) is 0 Å². The van der Waals surface area contributed by atoms with E-state index in [9.17, 15) is 8.78 Å². The van der Waals surface area contributed by atoms with Gasteiger partial charge in [0.25, 0.3) is 0 Å². The largest absolute Gasteiger partial charge is 0.492 e. The van der Waals surface area contributed by atoms with E-state index in [1.165, 1.54) is 6.07 Å². The lowest BCUT2D eigenvalue weighted by Crippen LogP contribution is -2.21. The van der Waals surface area contributed by atoms with Crippen LogP contribution in [-0.4, -0.2) is 23.1 Å². The number of benzene rings is 1. The first kappa shape index (κ1) is 12.5. The van der Waals surface area contributed by atoms with Crippen LogP contribution in [0.1, 0.15) is 5.82 Å². The van der Waals surface area contributed by atoms with Gasteiger partial charge in [0.1, 0.15) is 18.2 Å². The van der Waals surface area contributed by atoms with E-state index in [0.29, 0.717) is 25.4 Å². The second-order valence-corrected chi connectivity index (χ2v) is 3.64. The molecule has 0 aliphatic carbocycles. The minimum Gasteiger partial charge on any atom is -0.492 e. The third-order valence-electron chi connectivity index (χ3n) is 2.29. The molecule has 0 bridgehead atoms. The molecule has 0 aliphatic rings. The van der Waals surface area contributed by atoms with Gasteiger partial charge in [-0.2, -0.15) is 0 Å². The van der Waals surface area contributed by atoms with Crippen LogP contribution in [0.3, 0.4) is 0 Å². The second-order valence-electron chi connectivity index (χ2n) is 3.64. The van der Waals surface area contributed by atoms with Crippen molar-refractivity contribution in [1.82, 2.24) is 15.3 Å². The van der Waals surface area contributed by atoms with Crippen molar-refractivity contribution in [1.29, 1.82) is 0 Å². The Bertz CT molecular complexity index is 488. The molecule has 1 heterocycles. The van der Waals surface area contributed by atoms with Crippen LogP contribution in [0.15, 0.2) is 30.6 Å². The lowest BCUT2D eigenvalue weighted by atomic mass is 10.3. The number of H-pyrrole nitrogens is 1. The Hall–Kier alpha value is -1.95. The Balaban J connectivity index is 1.67. The van der Waals surface area contributed by atoms with E-state index in [-0.39, 0.29) is 0 Å². The lowest BCUT2D eigenvalue weighted by molar-refractivity contribution is 0.310. The molecular weight excluding hydrogens is 240 g/mol. The first-order chi connectivity index (χ1) is 8.75. The van der Waals surface area contributed by atoms with Gasteiger partial charge in [0.15, 0.2) is 11.6 Å². The summed E-state index contributed by atoms with van der Waals surface area (Å²) in [5.74, 6) is -0.633. The summed E-state index contributed by atoms with van der Waals surface area (Å²) < 4.78 is 30.8. The molecule has 0 spiro atoms. The van der Waals surface area contributed by atoms with Gasteiger partial charge >= 0.3 is 0 Å². The van der Waals surface area contributed by atoms with Crippen molar-refractivity contribution in [3.05, 3.63) is 48.1 Å². The van der Waals surface area contributed by atoms with Crippen LogP contribution < -0.4 is 10.1 Å². The monoisotopic (exact) mass is 253 g/mol. The zero-order valence-electron chi connectivity index (χ0n) is 9.62. The van der Waals surface area contributed by atoms with Crippen LogP contribution in [0.2, 0.25) is 0 Å². The fraction of sp³-hybridized carbons (Fsp3) is 0.250. The normalized spacial score (nSPS) is 10.6. The van der Waals surface area contributed by atoms with Crippen molar-refractivity contribution in [2.75, 3.05) is 13.2 Å². The maximum absolute atomic E-state index is 12.9. The number of hydrogen-bond donors (Lipinski definition) is 2. The first-order valence-electron chi connectivity index (χ1n) is 5.52. The molecule has 0 unspecified atom stereocenters. The highest BCUT2D eigenvalue weighted by Crippen LogP contribution is 2.14. The fourth-order valence-corrected chi connectivity index (χ4v) is 1.41. The van der Waals surface area contributed by atoms with E-state index in [4.69, 9.17) is 4.74 Å². The Morgan fingerprint density at radius 3 is 2.89 bits per heavy atom. The van der Waals surface area contributed by atoms with Gasteiger partial charge in [-0.1, -0.05) is 0 Å². The van der Waals surface area contributed by atoms with Crippen LogP contribution in [0.4, 0.5) is 8.78 Å². The summed E-state index contributed by atoms with van der Waals surface area (Å²) in [4.78, 5) is 7.00. The number of nitrogens with one attached hydrogen (secondary N) is 2. The molecule has 18 heavy (non-hydrogen) atoms. The smallest absolute Gasteiger partial charge is 0.162 e. The number of rotatable bonds is 6. The molecule has 2 rings (SSSR count). The summed E-state index contributed by atoms with van der Waals surface area (Å²) in [5, 5.41) is 3.10. The molecule has 0 atom stereocenters. The van der Waals surface area contributed by atoms with Crippen LogP contribution in [0.25, 0.3) is 0 Å². The van der Waals surface area contributed by atoms with E-state index in [0.717, 1.165) is 18.0 Å². The predicted octanol–water partition coefficient (Wildman–Crippen LogP) is 1.86. The van der Waals surface area contributed by atoms with Crippen molar-refractivity contribution in [3.8, 4) is 5.75 Å². The molecule has 0 fully saturated rings. The molecule has 4 nitrogen and oxygen atoms in total. The molecule has 6 heteroatoms. The summed E-state index contributed by atoms with van der Waals surface area (Å²) in [5.41, 5.74) is 0. The summed E-state index contributed by atoms with van der Waals surface area (Å²) in [6.45, 7) is 1.56. The molecule has 96 valence electrons. The number of aromatic amines is 1. The van der Waals surface area contributed by atoms with Crippen molar-refractivity contribution >= 4 is 0 Å². The Morgan fingerprint density at radius 1 is 1.28 bits per heavy atom. The summed E-state index contributed by atoms with van der Waals surface area (Å²) >= 11 is 0. The molecule has 0 radical (unpaired) electrons. The van der Waals surface area contributed by atoms with Crippen molar-refractivity contribution in [2.45, 2.75) is 6.54 Å². The van der Waals surface area contributed by atoms with Crippen LogP contribution >= 0.6 is 0 Å². The molecule has 0 amide bonds. The fourth-order valence-electron chi connectivity index (χ4n) is 1.41. The van der Waals surface area contributed by atoms with E-state index >= 15 is 0 Å². The Labute approximate surface area is 103 Å². The molecule has 0 saturated heterocycles. The summed E-state index contributed by atoms with van der Waals surface area (Å²) in [7, 11) is 0. The van der Waals surface area contributed by atoms with E-state index in [1.807, 2.05) is 0 Å². The van der Waals surface area contributed by atoms with Crippen LogP contribution in [-0.2, 0) is 6.54 Å². The number of ether oxygens (including phenoxy) is 1. The molecule has 2 aromatic rings. The van der Waals surface area contributed by atoms with Crippen LogP contribution in [0.5, 0.6) is 5.75 Å². The molecule has 2 N–H and O–H groups in total. The molecular formula is C12H13F2N3O. The topological polar surface area (TPSA) is 49.9 Å². The van der Waals surface area contributed by atoms with Gasteiger partial charge in [0, 0.05) is 25.0 Å². The third-order valence-corrected chi connectivity index (χ3v) is 2.29. The number of imidazole rings is 1. The Kier molecular flexibility index (Phi) is 4.25. The highest BCUT2D eigenvalue weighted by atomic mass is 19.2. The molecule has 0 saturated carbocycles. The highest BCUT2D eigenvalue weighted by molar-refractivity contribution is 5.23. The van der Waals surface area contributed by atoms with Crippen LogP contribution in [0, 0.1) is 11.6 Å². The van der Waals surface area contributed by atoms with E-state index in [2.05, 4.69) is 15.3 Å². The standard InChI is InChI=1S/C12H13F2N3O/c13-10-2-1-9(7-11(10)14)18-6-5-15-8-12-16-3-4-17-12/h1-4,7,15H,5-6,8H2,(H,16,17). The quantitative estimate of drug-likeness (QED) is 0.772. The second kappa shape index (κ2) is 6.11. The minimum absolute atomic E-state index is 0.314. The number of halogens is 2. The van der Waals surface area contributed by atoms with Gasteiger partial charge in [-0.05, 0) is 12.1 Å². The molecule has 0 aliphatic heterocycles. The summed E-state index contributed by atoms with van der Waals surface area (Å²) in [6.07, 6.45) is 3.42. The zero-order valence-corrected chi connectivity index (χ0v) is 9.62. The number of aromatic nitrogens is 2. The number of hydrogen-bond acceptors (Lipinski definition) is 3. The maximum Gasteiger partial charge on any atom is 0.162 e. The number of nitrogens with zero attached hydrogens (tertiary/aromatic N) is 1. The average Bonchev–Trinajstić information content (AvgIpc) is 2.86. The van der Waals surface area contributed by atoms with Crippen molar-refractivity contribution < 1.29 is 13.5 Å². The molecule has 1 aromatic carbocycles. The average molecular weight is 253 g/mol. The van der Waals surface area contributed by atoms with Gasteiger partial charge in [-0.15, -0.1) is 0 Å². The zero-order chi connectivity index (χ0) is 12.8. The predicted molar refractivity (Wildman–Crippen MR) is 62.1 cm³/mol. The highest BCUT2D eigenvalue weighted by Gasteiger charge is 2.02. The van der Waals surface area contributed by atoms with Crippen molar-refractivity contribution in [2.24, 2.45) is 0 Å². The summed E-state index contributed by atoms with van der Waals surface area (Å²) in [6, 6.07) is 3.47. The Morgan fingerprint density at radius 2 is 2.17 bits per heavy atom. The molecule has 1 aromatic heterocycles. The first-order valence-corrected chi connectivity index (χ1v) is 5.52. The van der Waals surface area contributed by atoms with Gasteiger partial charge < -0.3 is 15.0 Å². The van der Waals surface area contributed by atoms with E-state index < -0.39 is 11.6 Å². The SMILES string of the molecule is Fc1ccc(OCCNCc2ncc[nH]2)cc1F.